The summed E-state index contributed by atoms with van der Waals surface area (Å²) in [5.74, 6) is 0.227. The molecule has 0 fully saturated rings. The van der Waals surface area contributed by atoms with Crippen LogP contribution in [-0.2, 0) is 23.0 Å². The van der Waals surface area contributed by atoms with Gasteiger partial charge in [-0.25, -0.2) is 0 Å². The lowest BCUT2D eigenvalue weighted by Gasteiger charge is -2.43. The minimum atomic E-state index is -0.703. The molecule has 0 saturated heterocycles. The standard InChI is InChI=1S/C39H59NO5/c1-10-11-12-13-28-14-17-30(18-15-28)34-22-31-19-21-33(23-35(31)40(34)9)44-26-32(42)20-16-29(24-41)25-45-36(43)39(8,38(5,6)7)27-37(2,3)4/h14-15,17-19,21-23,29,32,41-42H,10-13,16,20,24-27H2,1-9H3. The molecule has 1 heterocycles. The molecule has 3 atom stereocenters. The summed E-state index contributed by atoms with van der Waals surface area (Å²) >= 11 is 0. The van der Waals surface area contributed by atoms with E-state index in [0.717, 1.165) is 23.0 Å². The Kier molecular flexibility index (Phi) is 12.7. The maximum absolute atomic E-state index is 13.3. The van der Waals surface area contributed by atoms with Gasteiger partial charge in [0.1, 0.15) is 12.4 Å². The molecule has 0 amide bonds. The zero-order valence-electron chi connectivity index (χ0n) is 29.4. The van der Waals surface area contributed by atoms with Crippen molar-refractivity contribution >= 4 is 16.9 Å². The second-order valence-corrected chi connectivity index (χ2v) is 15.5. The number of hydrogen-bond donors (Lipinski definition) is 2. The molecule has 0 radical (unpaired) electrons. The fourth-order valence-corrected chi connectivity index (χ4v) is 6.09. The molecule has 0 saturated carbocycles. The molecule has 0 aliphatic rings. The number of unbranched alkanes of at least 4 members (excludes halogenated alkanes) is 2. The Morgan fingerprint density at radius 1 is 0.911 bits per heavy atom. The van der Waals surface area contributed by atoms with Crippen LogP contribution >= 0.6 is 0 Å². The highest BCUT2D eigenvalue weighted by atomic mass is 16.5. The van der Waals surface area contributed by atoms with Gasteiger partial charge in [0, 0.05) is 36.7 Å². The Morgan fingerprint density at radius 2 is 1.60 bits per heavy atom. The summed E-state index contributed by atoms with van der Waals surface area (Å²) in [5.41, 5.74) is 3.83. The first-order valence-electron chi connectivity index (χ1n) is 16.9. The average molecular weight is 622 g/mol. The number of carbonyl (C=O) groups is 1. The molecule has 0 aliphatic heterocycles. The maximum atomic E-state index is 13.3. The Labute approximate surface area is 272 Å². The van der Waals surface area contributed by atoms with Crippen LogP contribution in [0, 0.1) is 22.2 Å². The minimum absolute atomic E-state index is 0.0334. The van der Waals surface area contributed by atoms with Gasteiger partial charge < -0.3 is 24.3 Å². The summed E-state index contributed by atoms with van der Waals surface area (Å²) in [6.07, 6.45) is 5.81. The van der Waals surface area contributed by atoms with Crippen LogP contribution in [0.5, 0.6) is 5.75 Å². The summed E-state index contributed by atoms with van der Waals surface area (Å²) in [4.78, 5) is 13.3. The van der Waals surface area contributed by atoms with Crippen molar-refractivity contribution in [1.82, 2.24) is 4.57 Å². The molecule has 3 aromatic rings. The van der Waals surface area contributed by atoms with Gasteiger partial charge in [-0.2, -0.15) is 0 Å². The third-order valence-electron chi connectivity index (χ3n) is 9.38. The van der Waals surface area contributed by atoms with Crippen molar-refractivity contribution in [3.05, 3.63) is 54.1 Å². The van der Waals surface area contributed by atoms with E-state index in [1.807, 2.05) is 19.1 Å². The molecule has 3 rings (SSSR count). The minimum Gasteiger partial charge on any atom is -0.491 e. The van der Waals surface area contributed by atoms with Gasteiger partial charge in [0.15, 0.2) is 0 Å². The topological polar surface area (TPSA) is 80.9 Å². The quantitative estimate of drug-likeness (QED) is 0.123. The molecular weight excluding hydrogens is 562 g/mol. The zero-order chi connectivity index (χ0) is 33.4. The Bertz CT molecular complexity index is 1360. The highest BCUT2D eigenvalue weighted by molar-refractivity contribution is 5.88. The van der Waals surface area contributed by atoms with Gasteiger partial charge in [-0.3, -0.25) is 4.79 Å². The predicted octanol–water partition coefficient (Wildman–Crippen LogP) is 8.74. The highest BCUT2D eigenvalue weighted by Crippen LogP contribution is 2.47. The van der Waals surface area contributed by atoms with Crippen molar-refractivity contribution in [1.29, 1.82) is 0 Å². The SMILES string of the molecule is CCCCCc1ccc(-c2cc3ccc(OCC(O)CCC(CO)COC(=O)C(C)(CC(C)(C)C)C(C)(C)C)cc3n2C)cc1. The summed E-state index contributed by atoms with van der Waals surface area (Å²) in [7, 11) is 2.07. The Hall–Kier alpha value is -2.83. The van der Waals surface area contributed by atoms with Crippen LogP contribution < -0.4 is 4.74 Å². The van der Waals surface area contributed by atoms with Crippen molar-refractivity contribution in [2.24, 2.45) is 29.2 Å². The maximum Gasteiger partial charge on any atom is 0.312 e. The fourth-order valence-electron chi connectivity index (χ4n) is 6.09. The van der Waals surface area contributed by atoms with Crippen LogP contribution in [0.3, 0.4) is 0 Å². The van der Waals surface area contributed by atoms with Crippen LogP contribution in [0.25, 0.3) is 22.2 Å². The number of nitrogens with zero attached hydrogens (tertiary/aromatic N) is 1. The summed E-state index contributed by atoms with van der Waals surface area (Å²) in [6.45, 7) is 17.0. The zero-order valence-corrected chi connectivity index (χ0v) is 29.4. The lowest BCUT2D eigenvalue weighted by atomic mass is 9.61. The lowest BCUT2D eigenvalue weighted by Crippen LogP contribution is -2.44. The van der Waals surface area contributed by atoms with Gasteiger partial charge >= 0.3 is 5.97 Å². The number of aliphatic hydroxyl groups is 2. The van der Waals surface area contributed by atoms with E-state index in [1.165, 1.54) is 30.4 Å². The Morgan fingerprint density at radius 3 is 2.20 bits per heavy atom. The van der Waals surface area contributed by atoms with E-state index in [-0.39, 0.29) is 42.5 Å². The number of carbonyl (C=O) groups excluding carboxylic acids is 1. The highest BCUT2D eigenvalue weighted by Gasteiger charge is 2.47. The lowest BCUT2D eigenvalue weighted by molar-refractivity contribution is -0.166. The van der Waals surface area contributed by atoms with Gasteiger partial charge in [-0.05, 0) is 79.2 Å². The average Bonchev–Trinajstić information content (AvgIpc) is 3.30. The number of fused-ring (bicyclic) bond motifs is 1. The first-order valence-corrected chi connectivity index (χ1v) is 16.9. The number of esters is 1. The van der Waals surface area contributed by atoms with Crippen molar-refractivity contribution in [3.63, 3.8) is 0 Å². The van der Waals surface area contributed by atoms with Crippen molar-refractivity contribution in [2.75, 3.05) is 19.8 Å². The molecule has 0 bridgehead atoms. The third kappa shape index (κ3) is 10.1. The van der Waals surface area contributed by atoms with Crippen LogP contribution in [-0.4, -0.2) is 46.7 Å². The van der Waals surface area contributed by atoms with Gasteiger partial charge in [0.2, 0.25) is 0 Å². The van der Waals surface area contributed by atoms with Crippen LogP contribution in [0.1, 0.15) is 99.5 Å². The second kappa shape index (κ2) is 15.6. The summed E-state index contributed by atoms with van der Waals surface area (Å²) < 4.78 is 14.0. The largest absolute Gasteiger partial charge is 0.491 e. The number of rotatable bonds is 16. The first kappa shape index (κ1) is 36.6. The van der Waals surface area contributed by atoms with Crippen LogP contribution in [0.4, 0.5) is 0 Å². The number of aromatic nitrogens is 1. The molecular formula is C39H59NO5. The molecule has 6 nitrogen and oxygen atoms in total. The van der Waals surface area contributed by atoms with Gasteiger partial charge in [-0.15, -0.1) is 0 Å². The molecule has 2 aromatic carbocycles. The number of ether oxygens (including phenoxy) is 2. The van der Waals surface area contributed by atoms with E-state index in [1.54, 1.807) is 0 Å². The molecule has 45 heavy (non-hydrogen) atoms. The van der Waals surface area contributed by atoms with Crippen LogP contribution in [0.2, 0.25) is 0 Å². The number of aryl methyl sites for hydroxylation is 2. The smallest absolute Gasteiger partial charge is 0.312 e. The number of hydrogen-bond acceptors (Lipinski definition) is 5. The van der Waals surface area contributed by atoms with Crippen molar-refractivity contribution < 1.29 is 24.5 Å². The number of benzene rings is 2. The molecule has 250 valence electrons. The summed E-state index contributed by atoms with van der Waals surface area (Å²) in [5, 5.41) is 21.8. The molecule has 1 aromatic heterocycles. The van der Waals surface area contributed by atoms with Crippen LogP contribution in [0.15, 0.2) is 48.5 Å². The summed E-state index contributed by atoms with van der Waals surface area (Å²) in [6, 6.07) is 17.1. The van der Waals surface area contributed by atoms with Gasteiger partial charge in [0.05, 0.1) is 23.6 Å². The third-order valence-corrected chi connectivity index (χ3v) is 9.38. The van der Waals surface area contributed by atoms with E-state index in [0.29, 0.717) is 25.0 Å². The fraction of sp³-hybridized carbons (Fsp3) is 0.615. The van der Waals surface area contributed by atoms with E-state index < -0.39 is 11.5 Å². The molecule has 6 heteroatoms. The first-order chi connectivity index (χ1) is 21.1. The van der Waals surface area contributed by atoms with Crippen molar-refractivity contribution in [2.45, 2.75) is 106 Å². The van der Waals surface area contributed by atoms with E-state index in [9.17, 15) is 15.0 Å². The van der Waals surface area contributed by atoms with E-state index in [4.69, 9.17) is 9.47 Å². The Balaban J connectivity index is 1.54. The van der Waals surface area contributed by atoms with E-state index in [2.05, 4.69) is 96.5 Å². The van der Waals surface area contributed by atoms with Crippen molar-refractivity contribution in [3.8, 4) is 17.0 Å². The molecule has 2 N–H and O–H groups in total. The van der Waals surface area contributed by atoms with E-state index >= 15 is 0 Å². The molecule has 0 aliphatic carbocycles. The second-order valence-electron chi connectivity index (χ2n) is 15.5. The predicted molar refractivity (Wildman–Crippen MR) is 185 cm³/mol. The normalized spacial score (nSPS) is 15.1. The van der Waals surface area contributed by atoms with Gasteiger partial charge in [-0.1, -0.05) is 85.6 Å². The molecule has 0 spiro atoms. The van der Waals surface area contributed by atoms with Gasteiger partial charge in [0.25, 0.3) is 0 Å². The molecule has 3 unspecified atom stereocenters. The monoisotopic (exact) mass is 621 g/mol. The number of aliphatic hydroxyl groups excluding tert-OH is 2.